The van der Waals surface area contributed by atoms with Crippen LogP contribution in [0.5, 0.6) is 0 Å². The van der Waals surface area contributed by atoms with Crippen molar-refractivity contribution in [1.82, 2.24) is 20.4 Å². The molecule has 6 heteroatoms. The standard InChI is InChI=1S/C14H18N4O2/c1-3-10-7-18(8-11(10)15-5-1)9-13-16-14(20-17-13)12-4-2-6-19-12/h2,4,6,10-11,15H,1,3,5,7-9H2/t10-,11+/m0/s1. The number of hydrogen-bond acceptors (Lipinski definition) is 6. The number of piperidine rings is 1. The Bertz CT molecular complexity index is 552. The molecule has 4 heterocycles. The minimum absolute atomic E-state index is 0.458. The predicted octanol–water partition coefficient (Wildman–Crippen LogP) is 1.51. The van der Waals surface area contributed by atoms with Gasteiger partial charge in [-0.05, 0) is 37.4 Å². The van der Waals surface area contributed by atoms with Crippen LogP contribution in [-0.2, 0) is 6.54 Å². The van der Waals surface area contributed by atoms with Crippen LogP contribution in [0.2, 0.25) is 0 Å². The zero-order chi connectivity index (χ0) is 13.4. The van der Waals surface area contributed by atoms with Crippen molar-refractivity contribution in [2.75, 3.05) is 19.6 Å². The van der Waals surface area contributed by atoms with Gasteiger partial charge in [-0.3, -0.25) is 4.90 Å². The zero-order valence-corrected chi connectivity index (χ0v) is 11.3. The summed E-state index contributed by atoms with van der Waals surface area (Å²) in [4.78, 5) is 6.81. The number of furan rings is 1. The molecule has 2 fully saturated rings. The number of hydrogen-bond donors (Lipinski definition) is 1. The van der Waals surface area contributed by atoms with E-state index < -0.39 is 0 Å². The van der Waals surface area contributed by atoms with Gasteiger partial charge >= 0.3 is 0 Å². The fourth-order valence-corrected chi connectivity index (χ4v) is 3.28. The van der Waals surface area contributed by atoms with Gasteiger partial charge in [0.15, 0.2) is 11.6 Å². The molecule has 6 nitrogen and oxygen atoms in total. The smallest absolute Gasteiger partial charge is 0.293 e. The van der Waals surface area contributed by atoms with E-state index in [0.29, 0.717) is 17.7 Å². The van der Waals surface area contributed by atoms with E-state index in [9.17, 15) is 0 Å². The first-order valence-corrected chi connectivity index (χ1v) is 7.21. The third-order valence-corrected chi connectivity index (χ3v) is 4.24. The Kier molecular flexibility index (Phi) is 3.05. The van der Waals surface area contributed by atoms with Gasteiger partial charge in [-0.2, -0.15) is 4.98 Å². The number of aromatic nitrogens is 2. The Morgan fingerprint density at radius 2 is 2.40 bits per heavy atom. The van der Waals surface area contributed by atoms with Crippen molar-refractivity contribution >= 4 is 0 Å². The molecule has 0 amide bonds. The van der Waals surface area contributed by atoms with Crippen molar-refractivity contribution in [2.24, 2.45) is 5.92 Å². The Morgan fingerprint density at radius 1 is 1.40 bits per heavy atom. The van der Waals surface area contributed by atoms with Crippen LogP contribution in [-0.4, -0.2) is 40.7 Å². The Hall–Kier alpha value is -1.66. The van der Waals surface area contributed by atoms with E-state index in [-0.39, 0.29) is 0 Å². The molecule has 1 N–H and O–H groups in total. The van der Waals surface area contributed by atoms with Crippen LogP contribution >= 0.6 is 0 Å². The van der Waals surface area contributed by atoms with Crippen LogP contribution in [0.4, 0.5) is 0 Å². The molecule has 0 aliphatic carbocycles. The van der Waals surface area contributed by atoms with Crippen LogP contribution in [0.1, 0.15) is 18.7 Å². The van der Waals surface area contributed by atoms with Crippen LogP contribution < -0.4 is 5.32 Å². The second kappa shape index (κ2) is 5.03. The minimum atomic E-state index is 0.458. The fourth-order valence-electron chi connectivity index (χ4n) is 3.28. The van der Waals surface area contributed by atoms with Crippen LogP contribution in [0.3, 0.4) is 0 Å². The molecule has 0 aromatic carbocycles. The van der Waals surface area contributed by atoms with Gasteiger partial charge in [-0.25, -0.2) is 0 Å². The largest absolute Gasteiger partial charge is 0.459 e. The summed E-state index contributed by atoms with van der Waals surface area (Å²) < 4.78 is 10.5. The molecule has 2 aliphatic rings. The Labute approximate surface area is 117 Å². The molecule has 106 valence electrons. The quantitative estimate of drug-likeness (QED) is 0.915. The molecule has 20 heavy (non-hydrogen) atoms. The number of nitrogens with one attached hydrogen (secondary N) is 1. The Balaban J connectivity index is 1.42. The first kappa shape index (κ1) is 12.1. The highest BCUT2D eigenvalue weighted by molar-refractivity contribution is 5.42. The van der Waals surface area contributed by atoms with Gasteiger partial charge in [0.2, 0.25) is 0 Å². The first-order chi connectivity index (χ1) is 9.88. The molecule has 0 spiro atoms. The summed E-state index contributed by atoms with van der Waals surface area (Å²) in [7, 11) is 0. The number of rotatable bonds is 3. The lowest BCUT2D eigenvalue weighted by Crippen LogP contribution is -2.40. The second-order valence-corrected chi connectivity index (χ2v) is 5.65. The average molecular weight is 274 g/mol. The van der Waals surface area contributed by atoms with Crippen molar-refractivity contribution in [3.63, 3.8) is 0 Å². The SMILES string of the molecule is c1coc(-c2nc(CN3C[C@@H]4CCCN[C@@H]4C3)no2)c1. The summed E-state index contributed by atoms with van der Waals surface area (Å²) in [5.74, 6) is 2.59. The van der Waals surface area contributed by atoms with Crippen molar-refractivity contribution < 1.29 is 8.94 Å². The van der Waals surface area contributed by atoms with E-state index in [0.717, 1.165) is 37.9 Å². The molecule has 2 aliphatic heterocycles. The lowest BCUT2D eigenvalue weighted by Gasteiger charge is -2.24. The van der Waals surface area contributed by atoms with E-state index in [4.69, 9.17) is 8.94 Å². The molecule has 4 rings (SSSR count). The van der Waals surface area contributed by atoms with Gasteiger partial charge in [0.25, 0.3) is 5.89 Å². The molecule has 2 aromatic heterocycles. The maximum Gasteiger partial charge on any atom is 0.293 e. The minimum Gasteiger partial charge on any atom is -0.459 e. The topological polar surface area (TPSA) is 67.3 Å². The molecule has 2 aromatic rings. The number of likely N-dealkylation sites (tertiary alicyclic amines) is 1. The van der Waals surface area contributed by atoms with Gasteiger partial charge in [0.05, 0.1) is 12.8 Å². The maximum absolute atomic E-state index is 5.26. The van der Waals surface area contributed by atoms with Gasteiger partial charge in [0, 0.05) is 19.1 Å². The third-order valence-electron chi connectivity index (χ3n) is 4.24. The highest BCUT2D eigenvalue weighted by Gasteiger charge is 2.34. The summed E-state index contributed by atoms with van der Waals surface area (Å²) in [5.41, 5.74) is 0. The van der Waals surface area contributed by atoms with Crippen LogP contribution in [0, 0.1) is 5.92 Å². The summed E-state index contributed by atoms with van der Waals surface area (Å²) in [5, 5.41) is 7.65. The maximum atomic E-state index is 5.26. The molecule has 0 radical (unpaired) electrons. The van der Waals surface area contributed by atoms with Gasteiger partial charge < -0.3 is 14.3 Å². The number of nitrogens with zero attached hydrogens (tertiary/aromatic N) is 3. The molecular weight excluding hydrogens is 256 g/mol. The van der Waals surface area contributed by atoms with Gasteiger partial charge in [0.1, 0.15) is 0 Å². The summed E-state index contributed by atoms with van der Waals surface area (Å²) in [6, 6.07) is 4.28. The van der Waals surface area contributed by atoms with E-state index in [1.165, 1.54) is 12.8 Å². The monoisotopic (exact) mass is 274 g/mol. The summed E-state index contributed by atoms with van der Waals surface area (Å²) in [6.07, 6.45) is 4.23. The van der Waals surface area contributed by atoms with E-state index in [1.54, 1.807) is 6.26 Å². The lowest BCUT2D eigenvalue weighted by molar-refractivity contribution is 0.297. The molecule has 0 saturated carbocycles. The van der Waals surface area contributed by atoms with Crippen molar-refractivity contribution in [3.05, 3.63) is 24.2 Å². The second-order valence-electron chi connectivity index (χ2n) is 5.65. The highest BCUT2D eigenvalue weighted by atomic mass is 16.5. The fraction of sp³-hybridized carbons (Fsp3) is 0.571. The first-order valence-electron chi connectivity index (χ1n) is 7.21. The zero-order valence-electron chi connectivity index (χ0n) is 11.3. The normalized spacial score (nSPS) is 26.8. The Morgan fingerprint density at radius 3 is 3.25 bits per heavy atom. The lowest BCUT2D eigenvalue weighted by atomic mass is 9.94. The predicted molar refractivity (Wildman–Crippen MR) is 71.8 cm³/mol. The van der Waals surface area contributed by atoms with Gasteiger partial charge in [-0.1, -0.05) is 5.16 Å². The highest BCUT2D eigenvalue weighted by Crippen LogP contribution is 2.26. The van der Waals surface area contributed by atoms with Crippen LogP contribution in [0.15, 0.2) is 27.3 Å². The number of fused-ring (bicyclic) bond motifs is 1. The third kappa shape index (κ3) is 2.25. The van der Waals surface area contributed by atoms with E-state index in [1.807, 2.05) is 12.1 Å². The van der Waals surface area contributed by atoms with E-state index >= 15 is 0 Å². The molecule has 2 atom stereocenters. The molecule has 2 saturated heterocycles. The van der Waals surface area contributed by atoms with E-state index in [2.05, 4.69) is 20.4 Å². The molecule has 0 unspecified atom stereocenters. The summed E-state index contributed by atoms with van der Waals surface area (Å²) >= 11 is 0. The van der Waals surface area contributed by atoms with Crippen molar-refractivity contribution in [2.45, 2.75) is 25.4 Å². The van der Waals surface area contributed by atoms with Crippen LogP contribution in [0.25, 0.3) is 11.7 Å². The van der Waals surface area contributed by atoms with Gasteiger partial charge in [-0.15, -0.1) is 0 Å². The van der Waals surface area contributed by atoms with Crippen molar-refractivity contribution in [1.29, 1.82) is 0 Å². The average Bonchev–Trinajstić information content (AvgIpc) is 3.18. The molecule has 0 bridgehead atoms. The van der Waals surface area contributed by atoms with Crippen molar-refractivity contribution in [3.8, 4) is 11.7 Å². The molecular formula is C14H18N4O2. The summed E-state index contributed by atoms with van der Waals surface area (Å²) in [6.45, 7) is 4.11.